The van der Waals surface area contributed by atoms with Crippen LogP contribution >= 0.6 is 0 Å². The fraction of sp³-hybridized carbons (Fsp3) is 0.462. The van der Waals surface area contributed by atoms with Crippen LogP contribution < -0.4 is 10.6 Å². The molecule has 0 saturated carbocycles. The molecule has 17 heavy (non-hydrogen) atoms. The molecule has 1 unspecified atom stereocenters. The van der Waals surface area contributed by atoms with Crippen LogP contribution in [-0.2, 0) is 6.42 Å². The van der Waals surface area contributed by atoms with Gasteiger partial charge in [0.05, 0.1) is 5.84 Å². The smallest absolute Gasteiger partial charge is 0.125 e. The van der Waals surface area contributed by atoms with Gasteiger partial charge in [0.1, 0.15) is 5.82 Å². The van der Waals surface area contributed by atoms with Gasteiger partial charge in [0.15, 0.2) is 0 Å². The molecule has 0 radical (unpaired) electrons. The van der Waals surface area contributed by atoms with E-state index >= 15 is 0 Å². The lowest BCUT2D eigenvalue weighted by atomic mass is 10.1. The van der Waals surface area contributed by atoms with Crippen LogP contribution in [0.2, 0.25) is 0 Å². The number of benzene rings is 1. The molecule has 0 spiro atoms. The first-order chi connectivity index (χ1) is 8.11. The van der Waals surface area contributed by atoms with Crippen molar-refractivity contribution < 1.29 is 4.39 Å². The summed E-state index contributed by atoms with van der Waals surface area (Å²) in [5, 5.41) is 7.40. The number of fused-ring (bicyclic) bond motifs is 1. The minimum atomic E-state index is -0.201. The highest BCUT2D eigenvalue weighted by Gasteiger charge is 2.25. The summed E-state index contributed by atoms with van der Waals surface area (Å²) in [5.74, 6) is -0.00460. The standard InChI is InChI=1S/C13H18FN3/c1-2-11(8-13(15)16)17-6-5-9-3-4-10(14)7-12(9)17/h3-4,7,11H,2,5-6,8H2,1H3,(H3,15,16). The lowest BCUT2D eigenvalue weighted by Gasteiger charge is -2.29. The van der Waals surface area contributed by atoms with Crippen LogP contribution in [0.4, 0.5) is 10.1 Å². The van der Waals surface area contributed by atoms with Crippen molar-refractivity contribution in [3.8, 4) is 0 Å². The summed E-state index contributed by atoms with van der Waals surface area (Å²) in [6, 6.07) is 5.15. The molecule has 0 bridgehead atoms. The molecule has 3 N–H and O–H groups in total. The van der Waals surface area contributed by atoms with Crippen LogP contribution in [0.25, 0.3) is 0 Å². The minimum absolute atomic E-state index is 0.196. The zero-order valence-corrected chi connectivity index (χ0v) is 10.0. The van der Waals surface area contributed by atoms with Crippen LogP contribution in [0, 0.1) is 11.2 Å². The lowest BCUT2D eigenvalue weighted by Crippen LogP contribution is -2.36. The van der Waals surface area contributed by atoms with Crippen molar-refractivity contribution in [1.29, 1.82) is 5.41 Å². The van der Waals surface area contributed by atoms with Crippen LogP contribution in [0.1, 0.15) is 25.3 Å². The number of amidine groups is 1. The average molecular weight is 235 g/mol. The zero-order valence-electron chi connectivity index (χ0n) is 10.0. The predicted molar refractivity (Wildman–Crippen MR) is 68.1 cm³/mol. The molecule has 0 saturated heterocycles. The van der Waals surface area contributed by atoms with E-state index in [1.165, 1.54) is 11.6 Å². The van der Waals surface area contributed by atoms with Gasteiger partial charge in [0.2, 0.25) is 0 Å². The van der Waals surface area contributed by atoms with Crippen LogP contribution in [-0.4, -0.2) is 18.4 Å². The van der Waals surface area contributed by atoms with Crippen molar-refractivity contribution in [1.82, 2.24) is 0 Å². The number of hydrogen-bond donors (Lipinski definition) is 2. The molecule has 1 aromatic carbocycles. The number of nitrogens with two attached hydrogens (primary N) is 1. The van der Waals surface area contributed by atoms with Gasteiger partial charge in [-0.25, -0.2) is 4.39 Å². The molecule has 0 amide bonds. The molecule has 1 aliphatic heterocycles. The maximum absolute atomic E-state index is 13.3. The second kappa shape index (κ2) is 4.73. The van der Waals surface area contributed by atoms with Crippen LogP contribution in [0.3, 0.4) is 0 Å². The van der Waals surface area contributed by atoms with Gasteiger partial charge >= 0.3 is 0 Å². The number of halogens is 1. The van der Waals surface area contributed by atoms with Crippen molar-refractivity contribution in [2.45, 2.75) is 32.2 Å². The van der Waals surface area contributed by atoms with E-state index in [-0.39, 0.29) is 17.7 Å². The molecule has 0 aliphatic carbocycles. The summed E-state index contributed by atoms with van der Waals surface area (Å²) in [6.45, 7) is 2.97. The van der Waals surface area contributed by atoms with Crippen molar-refractivity contribution in [2.24, 2.45) is 5.73 Å². The summed E-state index contributed by atoms with van der Waals surface area (Å²) >= 11 is 0. The third-order valence-electron chi connectivity index (χ3n) is 3.35. The van der Waals surface area contributed by atoms with Gasteiger partial charge in [-0.1, -0.05) is 13.0 Å². The fourth-order valence-electron chi connectivity index (χ4n) is 2.49. The van der Waals surface area contributed by atoms with E-state index in [1.54, 1.807) is 6.07 Å². The molecule has 1 aromatic rings. The number of nitrogens with zero attached hydrogens (tertiary/aromatic N) is 1. The molecule has 4 heteroatoms. The number of hydrogen-bond acceptors (Lipinski definition) is 2. The Labute approximate surface area is 101 Å². The molecular formula is C13H18FN3. The molecule has 2 rings (SSSR count). The highest BCUT2D eigenvalue weighted by Crippen LogP contribution is 2.31. The third-order valence-corrected chi connectivity index (χ3v) is 3.35. The largest absolute Gasteiger partial charge is 0.388 e. The Morgan fingerprint density at radius 1 is 1.59 bits per heavy atom. The van der Waals surface area contributed by atoms with Gasteiger partial charge in [-0.2, -0.15) is 0 Å². The van der Waals surface area contributed by atoms with E-state index in [0.29, 0.717) is 6.42 Å². The Kier molecular flexibility index (Phi) is 3.31. The normalized spacial score (nSPS) is 15.8. The molecule has 1 heterocycles. The molecule has 1 aliphatic rings. The van der Waals surface area contributed by atoms with Crippen molar-refractivity contribution in [3.63, 3.8) is 0 Å². The van der Waals surface area contributed by atoms with Gasteiger partial charge in [-0.3, -0.25) is 5.41 Å². The average Bonchev–Trinajstić information content (AvgIpc) is 2.68. The molecule has 92 valence electrons. The van der Waals surface area contributed by atoms with E-state index in [1.807, 2.05) is 6.07 Å². The molecule has 3 nitrogen and oxygen atoms in total. The molecular weight excluding hydrogens is 217 g/mol. The van der Waals surface area contributed by atoms with Crippen molar-refractivity contribution in [3.05, 3.63) is 29.6 Å². The Bertz CT molecular complexity index is 431. The highest BCUT2D eigenvalue weighted by atomic mass is 19.1. The number of anilines is 1. The lowest BCUT2D eigenvalue weighted by molar-refractivity contribution is 0.598. The van der Waals surface area contributed by atoms with Gasteiger partial charge in [0, 0.05) is 24.7 Å². The SMILES string of the molecule is CCC(CC(=N)N)N1CCc2ccc(F)cc21. The summed E-state index contributed by atoms with van der Waals surface area (Å²) < 4.78 is 13.3. The first-order valence-electron chi connectivity index (χ1n) is 5.99. The maximum Gasteiger partial charge on any atom is 0.125 e. The number of rotatable bonds is 4. The predicted octanol–water partition coefficient (Wildman–Crippen LogP) is 2.29. The Morgan fingerprint density at radius 2 is 2.35 bits per heavy atom. The first kappa shape index (κ1) is 11.9. The van der Waals surface area contributed by atoms with Crippen molar-refractivity contribution >= 4 is 11.5 Å². The van der Waals surface area contributed by atoms with Gasteiger partial charge in [-0.15, -0.1) is 0 Å². The monoisotopic (exact) mass is 235 g/mol. The second-order valence-electron chi connectivity index (χ2n) is 4.51. The molecule has 0 fully saturated rings. The van der Waals surface area contributed by atoms with E-state index in [9.17, 15) is 4.39 Å². The minimum Gasteiger partial charge on any atom is -0.388 e. The second-order valence-corrected chi connectivity index (χ2v) is 4.51. The molecule has 0 aromatic heterocycles. The van der Waals surface area contributed by atoms with Crippen LogP contribution in [0.5, 0.6) is 0 Å². The van der Waals surface area contributed by atoms with Gasteiger partial charge in [-0.05, 0) is 30.5 Å². The van der Waals surface area contributed by atoms with Gasteiger partial charge < -0.3 is 10.6 Å². The summed E-state index contributed by atoms with van der Waals surface area (Å²) in [6.07, 6.45) is 2.41. The van der Waals surface area contributed by atoms with Gasteiger partial charge in [0.25, 0.3) is 0 Å². The van der Waals surface area contributed by atoms with E-state index < -0.39 is 0 Å². The fourth-order valence-corrected chi connectivity index (χ4v) is 2.49. The van der Waals surface area contributed by atoms with E-state index in [4.69, 9.17) is 11.1 Å². The molecule has 1 atom stereocenters. The Balaban J connectivity index is 2.25. The summed E-state index contributed by atoms with van der Waals surface area (Å²) in [7, 11) is 0. The zero-order chi connectivity index (χ0) is 12.4. The third kappa shape index (κ3) is 2.40. The highest BCUT2D eigenvalue weighted by molar-refractivity contribution is 5.78. The Hall–Kier alpha value is -1.58. The summed E-state index contributed by atoms with van der Waals surface area (Å²) in [5.41, 5.74) is 7.63. The summed E-state index contributed by atoms with van der Waals surface area (Å²) in [4.78, 5) is 2.18. The quantitative estimate of drug-likeness (QED) is 0.621. The maximum atomic E-state index is 13.3. The van der Waals surface area contributed by atoms with E-state index in [0.717, 1.165) is 25.1 Å². The number of nitrogens with one attached hydrogen (secondary N) is 1. The van der Waals surface area contributed by atoms with Crippen molar-refractivity contribution in [2.75, 3.05) is 11.4 Å². The van der Waals surface area contributed by atoms with E-state index in [2.05, 4.69) is 11.8 Å². The Morgan fingerprint density at radius 3 is 3.00 bits per heavy atom. The first-order valence-corrected chi connectivity index (χ1v) is 5.99. The van der Waals surface area contributed by atoms with Crippen LogP contribution in [0.15, 0.2) is 18.2 Å². The topological polar surface area (TPSA) is 53.1 Å².